The normalized spacial score (nSPS) is 11.4. The van der Waals surface area contributed by atoms with E-state index in [4.69, 9.17) is 0 Å². The summed E-state index contributed by atoms with van der Waals surface area (Å²) in [5.41, 5.74) is 9.04. The van der Waals surface area contributed by atoms with E-state index in [0.29, 0.717) is 11.1 Å². The number of nitrogens with zero attached hydrogens (tertiary/aromatic N) is 3. The van der Waals surface area contributed by atoms with Crippen LogP contribution in [0.2, 0.25) is 0 Å². The van der Waals surface area contributed by atoms with Crippen molar-refractivity contribution in [3.05, 3.63) is 114 Å². The van der Waals surface area contributed by atoms with Gasteiger partial charge in [0, 0.05) is 21.5 Å². The maximum absolute atomic E-state index is 9.56. The number of hydrogen-bond donors (Lipinski definition) is 0. The predicted octanol–water partition coefficient (Wildman–Crippen LogP) is 7.91. The van der Waals surface area contributed by atoms with Crippen LogP contribution in [0.1, 0.15) is 11.1 Å². The van der Waals surface area contributed by atoms with Crippen molar-refractivity contribution in [2.24, 2.45) is 0 Å². The van der Waals surface area contributed by atoms with Gasteiger partial charge in [0.1, 0.15) is 0 Å². The lowest BCUT2D eigenvalue weighted by molar-refractivity contribution is 1.36. The van der Waals surface area contributed by atoms with Crippen LogP contribution in [0.5, 0.6) is 0 Å². The summed E-state index contributed by atoms with van der Waals surface area (Å²) in [6.07, 6.45) is 0. The van der Waals surface area contributed by atoms with Crippen LogP contribution < -0.4 is 0 Å². The Morgan fingerprint density at radius 2 is 1.00 bits per heavy atom. The molecule has 0 aliphatic heterocycles. The van der Waals surface area contributed by atoms with Crippen molar-refractivity contribution < 1.29 is 0 Å². The zero-order chi connectivity index (χ0) is 23.5. The Bertz CT molecular complexity index is 1910. The van der Waals surface area contributed by atoms with Crippen molar-refractivity contribution in [3.8, 4) is 34.4 Å². The summed E-state index contributed by atoms with van der Waals surface area (Å²) in [5, 5.41) is 23.6. The maximum atomic E-state index is 9.56. The monoisotopic (exact) mass is 443 g/mol. The predicted molar refractivity (Wildman–Crippen MR) is 141 cm³/mol. The van der Waals surface area contributed by atoms with Gasteiger partial charge in [-0.1, -0.05) is 66.7 Å². The summed E-state index contributed by atoms with van der Waals surface area (Å²) in [6, 6.07) is 39.8. The number of rotatable bonds is 2. The second-order valence-corrected chi connectivity index (χ2v) is 8.85. The molecule has 0 aliphatic rings. The molecule has 0 bridgehead atoms. The number of fused-ring (bicyclic) bond motifs is 6. The van der Waals surface area contributed by atoms with E-state index in [-0.39, 0.29) is 0 Å². The molecule has 0 aliphatic carbocycles. The first kappa shape index (κ1) is 19.4. The van der Waals surface area contributed by atoms with E-state index in [9.17, 15) is 10.5 Å². The minimum Gasteiger partial charge on any atom is -0.308 e. The molecule has 0 saturated heterocycles. The topological polar surface area (TPSA) is 52.0 Å². The fourth-order valence-corrected chi connectivity index (χ4v) is 5.44. The lowest BCUT2D eigenvalue weighted by Crippen LogP contribution is -1.85. The first-order valence-electron chi connectivity index (χ1n) is 11.5. The third-order valence-electron chi connectivity index (χ3n) is 6.97. The number of benzene rings is 5. The van der Waals surface area contributed by atoms with Gasteiger partial charge < -0.3 is 4.40 Å². The average molecular weight is 444 g/mol. The average Bonchev–Trinajstić information content (AvgIpc) is 3.43. The van der Waals surface area contributed by atoms with Gasteiger partial charge in [-0.05, 0) is 58.7 Å². The van der Waals surface area contributed by atoms with E-state index in [0.717, 1.165) is 43.7 Å². The zero-order valence-corrected chi connectivity index (χ0v) is 18.7. The summed E-state index contributed by atoms with van der Waals surface area (Å²) in [5.74, 6) is 0. The van der Waals surface area contributed by atoms with Crippen molar-refractivity contribution in [1.82, 2.24) is 4.40 Å². The van der Waals surface area contributed by atoms with Crippen LogP contribution in [0.25, 0.3) is 60.3 Å². The number of nitriles is 2. The van der Waals surface area contributed by atoms with Crippen LogP contribution in [0.3, 0.4) is 0 Å². The van der Waals surface area contributed by atoms with Crippen molar-refractivity contribution in [2.45, 2.75) is 0 Å². The lowest BCUT2D eigenvalue weighted by Gasteiger charge is -2.11. The molecule has 0 fully saturated rings. The molecule has 35 heavy (non-hydrogen) atoms. The van der Waals surface area contributed by atoms with Gasteiger partial charge in [0.05, 0.1) is 39.8 Å². The fraction of sp³-hybridized carbons (Fsp3) is 0. The number of hydrogen-bond acceptors (Lipinski definition) is 2. The molecule has 0 saturated carbocycles. The molecule has 160 valence electrons. The minimum absolute atomic E-state index is 0.623. The van der Waals surface area contributed by atoms with Crippen LogP contribution in [0, 0.1) is 22.7 Å². The zero-order valence-electron chi connectivity index (χ0n) is 18.7. The van der Waals surface area contributed by atoms with Crippen molar-refractivity contribution in [2.75, 3.05) is 0 Å². The Morgan fingerprint density at radius 3 is 1.54 bits per heavy atom. The Hall–Kier alpha value is -5.12. The summed E-state index contributed by atoms with van der Waals surface area (Å²) < 4.78 is 2.21. The summed E-state index contributed by atoms with van der Waals surface area (Å²) in [4.78, 5) is 0. The maximum Gasteiger partial charge on any atom is 0.0992 e. The third kappa shape index (κ3) is 2.70. The second-order valence-electron chi connectivity index (χ2n) is 8.85. The Morgan fingerprint density at radius 1 is 0.486 bits per heavy atom. The van der Waals surface area contributed by atoms with E-state index in [2.05, 4.69) is 77.2 Å². The van der Waals surface area contributed by atoms with Gasteiger partial charge in [-0.3, -0.25) is 0 Å². The standard InChI is InChI=1S/C32H17N3/c33-18-20-10-12-26-28-16-23(25-9-5-4-8-24(25)22-6-2-1-3-7-22)17-29-27-13-11-21(19-34)15-31(27)35(32(28)29)30(26)14-20/h1-17H. The highest BCUT2D eigenvalue weighted by atomic mass is 14.9. The minimum atomic E-state index is 0.623. The van der Waals surface area contributed by atoms with Crippen LogP contribution in [-0.2, 0) is 0 Å². The molecule has 5 aromatic carbocycles. The highest BCUT2D eigenvalue weighted by Gasteiger charge is 2.20. The van der Waals surface area contributed by atoms with Crippen molar-refractivity contribution >= 4 is 38.1 Å². The van der Waals surface area contributed by atoms with Gasteiger partial charge in [0.15, 0.2) is 0 Å². The highest BCUT2D eigenvalue weighted by molar-refractivity contribution is 6.24. The molecule has 7 aromatic rings. The molecule has 3 heteroatoms. The van der Waals surface area contributed by atoms with Crippen LogP contribution >= 0.6 is 0 Å². The van der Waals surface area contributed by atoms with Crippen molar-refractivity contribution in [3.63, 3.8) is 0 Å². The molecule has 0 unspecified atom stereocenters. The van der Waals surface area contributed by atoms with Gasteiger partial charge in [0.2, 0.25) is 0 Å². The number of aromatic nitrogens is 1. The molecule has 0 amide bonds. The van der Waals surface area contributed by atoms with E-state index < -0.39 is 0 Å². The molecule has 0 radical (unpaired) electrons. The van der Waals surface area contributed by atoms with E-state index >= 15 is 0 Å². The van der Waals surface area contributed by atoms with Crippen LogP contribution in [-0.4, -0.2) is 4.40 Å². The molecule has 0 N–H and O–H groups in total. The van der Waals surface area contributed by atoms with Gasteiger partial charge >= 0.3 is 0 Å². The fourth-order valence-electron chi connectivity index (χ4n) is 5.44. The molecule has 0 spiro atoms. The first-order valence-corrected chi connectivity index (χ1v) is 11.5. The van der Waals surface area contributed by atoms with Crippen molar-refractivity contribution in [1.29, 1.82) is 10.5 Å². The highest BCUT2D eigenvalue weighted by Crippen LogP contribution is 2.43. The van der Waals surface area contributed by atoms with Gasteiger partial charge in [0.25, 0.3) is 0 Å². The lowest BCUT2D eigenvalue weighted by atomic mass is 9.92. The molecule has 3 nitrogen and oxygen atoms in total. The Kier molecular flexibility index (Phi) is 3.98. The molecule has 7 rings (SSSR count). The van der Waals surface area contributed by atoms with E-state index in [1.54, 1.807) is 0 Å². The summed E-state index contributed by atoms with van der Waals surface area (Å²) in [6.45, 7) is 0. The first-order chi connectivity index (χ1) is 17.3. The van der Waals surface area contributed by atoms with Crippen LogP contribution in [0.15, 0.2) is 103 Å². The Balaban J connectivity index is 1.65. The Labute approximate surface area is 201 Å². The smallest absolute Gasteiger partial charge is 0.0992 e. The SMILES string of the molecule is N#Cc1ccc2c3cc(-c4ccccc4-c4ccccc4)cc4c5ccc(C#N)cc5n(c2c1)c34. The molecular formula is C32H17N3. The molecular weight excluding hydrogens is 426 g/mol. The largest absolute Gasteiger partial charge is 0.308 e. The van der Waals surface area contributed by atoms with Gasteiger partial charge in [-0.15, -0.1) is 0 Å². The quantitative estimate of drug-likeness (QED) is 0.272. The van der Waals surface area contributed by atoms with E-state index in [1.165, 1.54) is 16.7 Å². The molecule has 2 heterocycles. The van der Waals surface area contributed by atoms with E-state index in [1.807, 2.05) is 42.5 Å². The molecule has 2 aromatic heterocycles. The van der Waals surface area contributed by atoms with Crippen LogP contribution in [0.4, 0.5) is 0 Å². The second kappa shape index (κ2) is 7.19. The summed E-state index contributed by atoms with van der Waals surface area (Å²) in [7, 11) is 0. The van der Waals surface area contributed by atoms with Gasteiger partial charge in [-0.25, -0.2) is 0 Å². The third-order valence-corrected chi connectivity index (χ3v) is 6.97. The molecule has 0 atom stereocenters. The van der Waals surface area contributed by atoms with Gasteiger partial charge in [-0.2, -0.15) is 10.5 Å². The summed E-state index contributed by atoms with van der Waals surface area (Å²) >= 11 is 0.